The molecule has 3 aromatic heterocycles. The number of aryl methyl sites for hydroxylation is 1. The van der Waals surface area contributed by atoms with Crippen molar-refractivity contribution in [2.75, 3.05) is 18.4 Å². The van der Waals surface area contributed by atoms with Crippen LogP contribution in [0.15, 0.2) is 54.0 Å². The van der Waals surface area contributed by atoms with Crippen molar-refractivity contribution in [2.24, 2.45) is 0 Å². The second-order valence-electron chi connectivity index (χ2n) is 7.72. The molecule has 6 nitrogen and oxygen atoms in total. The molecule has 1 aromatic carbocycles. The van der Waals surface area contributed by atoms with Crippen molar-refractivity contribution in [3.63, 3.8) is 0 Å². The summed E-state index contributed by atoms with van der Waals surface area (Å²) in [7, 11) is 0. The Hall–Kier alpha value is -2.77. The highest BCUT2D eigenvalue weighted by atomic mass is 32.1. The highest BCUT2D eigenvalue weighted by Crippen LogP contribution is 2.29. The van der Waals surface area contributed by atoms with Gasteiger partial charge < -0.3 is 9.88 Å². The molecule has 1 aliphatic heterocycles. The highest BCUT2D eigenvalue weighted by Gasteiger charge is 2.23. The Kier molecular flexibility index (Phi) is 5.46. The van der Waals surface area contributed by atoms with Gasteiger partial charge in [0.25, 0.3) is 0 Å². The maximum Gasteiger partial charge on any atom is 0.188 e. The lowest BCUT2D eigenvalue weighted by Gasteiger charge is -2.31. The summed E-state index contributed by atoms with van der Waals surface area (Å²) in [6.07, 6.45) is 4.06. The zero-order valence-electron chi connectivity index (χ0n) is 17.2. The molecular formula is C23H26N6S. The molecule has 7 heteroatoms. The number of nitrogens with one attached hydrogen (secondary N) is 1. The first-order valence-corrected chi connectivity index (χ1v) is 11.5. The molecule has 0 atom stereocenters. The third kappa shape index (κ3) is 3.95. The van der Waals surface area contributed by atoms with Gasteiger partial charge in [-0.15, -0.1) is 11.3 Å². The van der Waals surface area contributed by atoms with E-state index in [1.807, 2.05) is 11.4 Å². The van der Waals surface area contributed by atoms with Crippen LogP contribution in [0.2, 0.25) is 0 Å². The van der Waals surface area contributed by atoms with E-state index in [4.69, 9.17) is 9.97 Å². The van der Waals surface area contributed by atoms with Crippen LogP contribution in [-0.2, 0) is 13.1 Å². The van der Waals surface area contributed by atoms with Crippen LogP contribution in [0.1, 0.15) is 37.2 Å². The van der Waals surface area contributed by atoms with Gasteiger partial charge in [0.2, 0.25) is 0 Å². The molecule has 154 valence electrons. The number of piperidine rings is 1. The summed E-state index contributed by atoms with van der Waals surface area (Å²) in [5.41, 5.74) is 3.51. The Morgan fingerprint density at radius 1 is 1.07 bits per heavy atom. The van der Waals surface area contributed by atoms with E-state index in [1.165, 1.54) is 17.0 Å². The number of hydrogen-bond donors (Lipinski definition) is 1. The number of nitrogens with zero attached hydrogens (tertiary/aromatic N) is 5. The van der Waals surface area contributed by atoms with Crippen LogP contribution >= 0.6 is 11.3 Å². The predicted octanol–water partition coefficient (Wildman–Crippen LogP) is 5.03. The summed E-state index contributed by atoms with van der Waals surface area (Å²) < 4.78 is 2.34. The molecule has 5 rings (SSSR count). The number of pyridine rings is 1. The molecule has 1 fully saturated rings. The zero-order chi connectivity index (χ0) is 20.3. The SMILES string of the molecule is CCn1c(CN2CCC(c3cccc(Nc4nccs4)n3)CC2)nc2ccccc21. The minimum Gasteiger partial charge on any atom is -0.327 e. The first kappa shape index (κ1) is 19.2. The van der Waals surface area contributed by atoms with Gasteiger partial charge in [-0.05, 0) is 57.1 Å². The molecule has 4 aromatic rings. The Balaban J connectivity index is 1.24. The molecular weight excluding hydrogens is 392 g/mol. The van der Waals surface area contributed by atoms with Crippen LogP contribution in [-0.4, -0.2) is 37.5 Å². The van der Waals surface area contributed by atoms with Crippen molar-refractivity contribution in [1.82, 2.24) is 24.4 Å². The van der Waals surface area contributed by atoms with E-state index in [0.717, 1.165) is 55.5 Å². The van der Waals surface area contributed by atoms with E-state index in [0.29, 0.717) is 5.92 Å². The van der Waals surface area contributed by atoms with E-state index in [9.17, 15) is 0 Å². The summed E-state index contributed by atoms with van der Waals surface area (Å²) in [4.78, 5) is 16.6. The summed E-state index contributed by atoms with van der Waals surface area (Å²) in [6.45, 7) is 6.21. The fraction of sp³-hybridized carbons (Fsp3) is 0.348. The van der Waals surface area contributed by atoms with Gasteiger partial charge in [-0.25, -0.2) is 15.0 Å². The number of benzene rings is 1. The number of anilines is 2. The number of rotatable bonds is 6. The average Bonchev–Trinajstić information content (AvgIpc) is 3.41. The Bertz CT molecular complexity index is 1110. The molecule has 1 aliphatic rings. The Morgan fingerprint density at radius 3 is 2.73 bits per heavy atom. The molecule has 30 heavy (non-hydrogen) atoms. The molecule has 0 bridgehead atoms. The summed E-state index contributed by atoms with van der Waals surface area (Å²) in [5.74, 6) is 2.55. The van der Waals surface area contributed by atoms with Gasteiger partial charge >= 0.3 is 0 Å². The summed E-state index contributed by atoms with van der Waals surface area (Å²) in [6, 6.07) is 14.7. The van der Waals surface area contributed by atoms with Crippen LogP contribution in [0.4, 0.5) is 10.9 Å². The first-order chi connectivity index (χ1) is 14.8. The van der Waals surface area contributed by atoms with Crippen molar-refractivity contribution in [3.05, 3.63) is 65.6 Å². The fourth-order valence-electron chi connectivity index (χ4n) is 4.33. The number of hydrogen-bond acceptors (Lipinski definition) is 6. The molecule has 1 saturated heterocycles. The summed E-state index contributed by atoms with van der Waals surface area (Å²) >= 11 is 1.59. The Labute approximate surface area is 180 Å². The number of thiazole rings is 1. The van der Waals surface area contributed by atoms with Gasteiger partial charge in [0.15, 0.2) is 5.13 Å². The third-order valence-electron chi connectivity index (χ3n) is 5.86. The molecule has 0 spiro atoms. The minimum atomic E-state index is 0.504. The van der Waals surface area contributed by atoms with Gasteiger partial charge in [-0.1, -0.05) is 18.2 Å². The van der Waals surface area contributed by atoms with Crippen molar-refractivity contribution >= 4 is 33.3 Å². The monoisotopic (exact) mass is 418 g/mol. The Morgan fingerprint density at radius 2 is 1.93 bits per heavy atom. The molecule has 0 saturated carbocycles. The lowest BCUT2D eigenvalue weighted by Crippen LogP contribution is -2.33. The number of aromatic nitrogens is 4. The van der Waals surface area contributed by atoms with Crippen LogP contribution < -0.4 is 5.32 Å². The molecule has 0 aliphatic carbocycles. The maximum absolute atomic E-state index is 4.90. The average molecular weight is 419 g/mol. The van der Waals surface area contributed by atoms with Gasteiger partial charge in [-0.3, -0.25) is 4.90 Å². The van der Waals surface area contributed by atoms with E-state index >= 15 is 0 Å². The fourth-order valence-corrected chi connectivity index (χ4v) is 4.86. The van der Waals surface area contributed by atoms with E-state index in [2.05, 4.69) is 63.1 Å². The standard InChI is InChI=1S/C23H26N6S/c1-2-29-20-8-4-3-6-19(20)26-22(29)16-28-13-10-17(11-14-28)18-7-5-9-21(25-18)27-23-24-12-15-30-23/h3-9,12,15,17H,2,10-11,13-14,16H2,1H3,(H,24,25,27). The zero-order valence-corrected chi connectivity index (χ0v) is 18.0. The lowest BCUT2D eigenvalue weighted by molar-refractivity contribution is 0.197. The van der Waals surface area contributed by atoms with Gasteiger partial charge in [0.05, 0.1) is 17.6 Å². The van der Waals surface area contributed by atoms with E-state index < -0.39 is 0 Å². The van der Waals surface area contributed by atoms with E-state index in [-0.39, 0.29) is 0 Å². The quantitative estimate of drug-likeness (QED) is 0.476. The van der Waals surface area contributed by atoms with Gasteiger partial charge in [-0.2, -0.15) is 0 Å². The molecule has 1 N–H and O–H groups in total. The molecule has 0 radical (unpaired) electrons. The van der Waals surface area contributed by atoms with Crippen LogP contribution in [0.5, 0.6) is 0 Å². The number of para-hydroxylation sites is 2. The van der Waals surface area contributed by atoms with Crippen LogP contribution in [0, 0.1) is 0 Å². The largest absolute Gasteiger partial charge is 0.327 e. The van der Waals surface area contributed by atoms with Gasteiger partial charge in [0.1, 0.15) is 11.6 Å². The van der Waals surface area contributed by atoms with Crippen LogP contribution in [0.25, 0.3) is 11.0 Å². The van der Waals surface area contributed by atoms with Crippen LogP contribution in [0.3, 0.4) is 0 Å². The second kappa shape index (κ2) is 8.53. The smallest absolute Gasteiger partial charge is 0.188 e. The predicted molar refractivity (Wildman–Crippen MR) is 122 cm³/mol. The first-order valence-electron chi connectivity index (χ1n) is 10.6. The highest BCUT2D eigenvalue weighted by molar-refractivity contribution is 7.13. The maximum atomic E-state index is 4.90. The molecule has 0 amide bonds. The van der Waals surface area contributed by atoms with E-state index in [1.54, 1.807) is 17.5 Å². The number of fused-ring (bicyclic) bond motifs is 1. The van der Waals surface area contributed by atoms with Crippen molar-refractivity contribution in [2.45, 2.75) is 38.8 Å². The molecule has 0 unspecified atom stereocenters. The lowest BCUT2D eigenvalue weighted by atomic mass is 9.93. The van der Waals surface area contributed by atoms with Gasteiger partial charge in [0, 0.05) is 29.7 Å². The van der Waals surface area contributed by atoms with Crippen molar-refractivity contribution in [1.29, 1.82) is 0 Å². The topological polar surface area (TPSA) is 58.9 Å². The number of imidazole rings is 1. The summed E-state index contributed by atoms with van der Waals surface area (Å²) in [5, 5.41) is 6.15. The normalized spacial score (nSPS) is 15.6. The second-order valence-corrected chi connectivity index (χ2v) is 8.62. The van der Waals surface area contributed by atoms with Crippen molar-refractivity contribution < 1.29 is 0 Å². The minimum absolute atomic E-state index is 0.504. The van der Waals surface area contributed by atoms with Crippen molar-refractivity contribution in [3.8, 4) is 0 Å². The number of likely N-dealkylation sites (tertiary alicyclic amines) is 1. The molecule has 4 heterocycles. The third-order valence-corrected chi connectivity index (χ3v) is 6.55.